The van der Waals surface area contributed by atoms with Gasteiger partial charge in [0.1, 0.15) is 23.1 Å². The van der Waals surface area contributed by atoms with Crippen LogP contribution in [-0.2, 0) is 22.5 Å². The van der Waals surface area contributed by atoms with Gasteiger partial charge >= 0.3 is 6.09 Å². The number of nitrogens with one attached hydrogen (secondary N) is 1. The van der Waals surface area contributed by atoms with Crippen molar-refractivity contribution in [2.45, 2.75) is 77.4 Å². The van der Waals surface area contributed by atoms with E-state index in [4.69, 9.17) is 14.5 Å². The fourth-order valence-electron chi connectivity index (χ4n) is 5.88. The second-order valence-electron chi connectivity index (χ2n) is 12.2. The van der Waals surface area contributed by atoms with Gasteiger partial charge in [-0.05, 0) is 95.5 Å². The molecule has 2 aliphatic heterocycles. The number of ether oxygens (including phenoxy) is 2. The number of piperidine rings is 1. The molecule has 1 N–H and O–H groups in total. The van der Waals surface area contributed by atoms with Crippen LogP contribution in [0.25, 0.3) is 11.3 Å². The van der Waals surface area contributed by atoms with Crippen LogP contribution in [0, 0.1) is 25.7 Å². The Kier molecular flexibility index (Phi) is 8.47. The van der Waals surface area contributed by atoms with Gasteiger partial charge in [-0.15, -0.1) is 0 Å². The number of anilines is 1. The molecular weight excluding hydrogens is 536 g/mol. The molecule has 4 unspecified atom stereocenters. The van der Waals surface area contributed by atoms with Crippen LogP contribution in [0.2, 0.25) is 0 Å². The van der Waals surface area contributed by atoms with Crippen molar-refractivity contribution in [1.82, 2.24) is 14.9 Å². The Morgan fingerprint density at radius 2 is 1.83 bits per heavy atom. The first-order valence-corrected chi connectivity index (χ1v) is 15.5. The summed E-state index contributed by atoms with van der Waals surface area (Å²) >= 11 is -1.54. The van der Waals surface area contributed by atoms with Gasteiger partial charge < -0.3 is 18.9 Å². The van der Waals surface area contributed by atoms with Crippen LogP contribution >= 0.6 is 0 Å². The molecular formula is C32H40N4O4S. The van der Waals surface area contributed by atoms with Crippen molar-refractivity contribution in [2.24, 2.45) is 11.8 Å². The molecule has 5 rings (SSSR count). The second-order valence-corrected chi connectivity index (χ2v) is 13.4. The van der Waals surface area contributed by atoms with Gasteiger partial charge in [0.15, 0.2) is 4.90 Å². The minimum absolute atomic E-state index is 0.0755. The number of benzene rings is 2. The summed E-state index contributed by atoms with van der Waals surface area (Å²) in [7, 11) is 0. The highest BCUT2D eigenvalue weighted by molar-refractivity contribution is 7.92. The zero-order valence-corrected chi connectivity index (χ0v) is 25.6. The number of hydrogen-bond acceptors (Lipinski definition) is 7. The van der Waals surface area contributed by atoms with Gasteiger partial charge in [0.05, 0.1) is 5.69 Å². The first-order chi connectivity index (χ1) is 19.5. The second kappa shape index (κ2) is 11.9. The number of fused-ring (bicyclic) bond motifs is 5. The van der Waals surface area contributed by atoms with Gasteiger partial charge in [-0.1, -0.05) is 30.3 Å². The summed E-state index contributed by atoms with van der Waals surface area (Å²) in [4.78, 5) is 24.9. The van der Waals surface area contributed by atoms with Crippen LogP contribution in [0.15, 0.2) is 53.4 Å². The molecule has 4 atom stereocenters. The standard InChI is InChI=1S/C32H40N4O4S/c1-20-9-7-10-21(2)29(20)27-18-28-34-30(33-27)35-41(38)25-12-8-11-23(17-25)13-14-24-15-16-36(19-26(24)22(3)39-28)31(37)40-32(4,5)6/h7-12,17-18,22,24,26H,13-16,19H2,1-6H3,(H,33,34,35). The van der Waals surface area contributed by atoms with E-state index in [-0.39, 0.29) is 24.1 Å². The maximum atomic E-state index is 13.4. The van der Waals surface area contributed by atoms with Gasteiger partial charge in [-0.3, -0.25) is 0 Å². The minimum Gasteiger partial charge on any atom is -0.588 e. The lowest BCUT2D eigenvalue weighted by atomic mass is 9.79. The average Bonchev–Trinajstić information content (AvgIpc) is 2.90. The predicted octanol–water partition coefficient (Wildman–Crippen LogP) is 6.48. The molecule has 218 valence electrons. The Morgan fingerprint density at radius 1 is 1.10 bits per heavy atom. The van der Waals surface area contributed by atoms with Crippen molar-refractivity contribution in [2.75, 3.05) is 17.8 Å². The van der Waals surface area contributed by atoms with Crippen molar-refractivity contribution >= 4 is 23.4 Å². The summed E-state index contributed by atoms with van der Waals surface area (Å²) in [6.45, 7) is 13.0. The average molecular weight is 577 g/mol. The summed E-state index contributed by atoms with van der Waals surface area (Å²) in [5.74, 6) is 1.05. The molecule has 1 saturated heterocycles. The molecule has 3 heterocycles. The van der Waals surface area contributed by atoms with E-state index in [1.54, 1.807) is 0 Å². The van der Waals surface area contributed by atoms with E-state index in [0.717, 1.165) is 41.5 Å². The van der Waals surface area contributed by atoms with E-state index in [1.165, 1.54) is 0 Å². The van der Waals surface area contributed by atoms with Crippen molar-refractivity contribution in [3.8, 4) is 17.1 Å². The number of aryl methyl sites for hydroxylation is 3. The maximum Gasteiger partial charge on any atom is 0.410 e. The van der Waals surface area contributed by atoms with E-state index in [1.807, 2.05) is 82.0 Å². The smallest absolute Gasteiger partial charge is 0.410 e. The molecule has 1 fully saturated rings. The summed E-state index contributed by atoms with van der Waals surface area (Å²) in [5.41, 5.74) is 4.43. The fourth-order valence-corrected chi connectivity index (χ4v) is 6.71. The Labute approximate surface area is 246 Å². The molecule has 2 aromatic carbocycles. The molecule has 0 aliphatic carbocycles. The number of likely N-dealkylation sites (tertiary alicyclic amines) is 1. The number of amides is 1. The van der Waals surface area contributed by atoms with Crippen LogP contribution in [0.1, 0.15) is 57.2 Å². The van der Waals surface area contributed by atoms with Gasteiger partial charge in [0.2, 0.25) is 5.88 Å². The van der Waals surface area contributed by atoms with Crippen LogP contribution in [0.4, 0.5) is 10.7 Å². The zero-order valence-electron chi connectivity index (χ0n) is 24.8. The number of carbonyl (C=O) groups excluding carboxylic acids is 1. The molecule has 9 heteroatoms. The Bertz CT molecular complexity index is 1390. The van der Waals surface area contributed by atoms with E-state index in [9.17, 15) is 9.35 Å². The Morgan fingerprint density at radius 3 is 2.56 bits per heavy atom. The summed E-state index contributed by atoms with van der Waals surface area (Å²) in [5, 5.41) is 0. The number of aromatic nitrogens is 2. The van der Waals surface area contributed by atoms with Gasteiger partial charge in [0, 0.05) is 30.6 Å². The molecule has 41 heavy (non-hydrogen) atoms. The Hall–Kier alpha value is -3.30. The van der Waals surface area contributed by atoms with E-state index >= 15 is 0 Å². The van der Waals surface area contributed by atoms with E-state index < -0.39 is 17.0 Å². The molecule has 1 amide bonds. The van der Waals surface area contributed by atoms with Gasteiger partial charge in [-0.25, -0.2) is 9.78 Å². The number of hydrogen-bond donors (Lipinski definition) is 1. The number of nitrogens with zero attached hydrogens (tertiary/aromatic N) is 3. The zero-order chi connectivity index (χ0) is 29.3. The first-order valence-electron chi connectivity index (χ1n) is 14.3. The van der Waals surface area contributed by atoms with Crippen LogP contribution in [-0.4, -0.2) is 50.3 Å². The minimum atomic E-state index is -1.54. The summed E-state index contributed by atoms with van der Waals surface area (Å²) in [6.07, 6.45) is 2.12. The van der Waals surface area contributed by atoms with Crippen LogP contribution < -0.4 is 9.46 Å². The SMILES string of the molecule is Cc1cccc(C)c1-c1cc2nc(n1)N[S+]([O-])c1cccc(c1)CCC1CCN(C(=O)OC(C)(C)C)CC1C(C)O2. The fraction of sp³-hybridized carbons (Fsp3) is 0.469. The largest absolute Gasteiger partial charge is 0.588 e. The molecule has 8 nitrogen and oxygen atoms in total. The highest BCUT2D eigenvalue weighted by atomic mass is 32.2. The predicted molar refractivity (Wildman–Crippen MR) is 161 cm³/mol. The van der Waals surface area contributed by atoms with Crippen LogP contribution in [0.3, 0.4) is 0 Å². The third-order valence-electron chi connectivity index (χ3n) is 7.91. The van der Waals surface area contributed by atoms with E-state index in [2.05, 4.69) is 22.7 Å². The first kappa shape index (κ1) is 29.2. The normalized spacial score (nSPS) is 23.0. The summed E-state index contributed by atoms with van der Waals surface area (Å²) < 4.78 is 28.6. The lowest BCUT2D eigenvalue weighted by Crippen LogP contribution is -2.49. The molecule has 3 aromatic rings. The van der Waals surface area contributed by atoms with Crippen molar-refractivity contribution in [1.29, 1.82) is 0 Å². The van der Waals surface area contributed by atoms with Crippen molar-refractivity contribution < 1.29 is 18.8 Å². The molecule has 1 aromatic heterocycles. The van der Waals surface area contributed by atoms with Gasteiger partial charge in [0.25, 0.3) is 5.95 Å². The van der Waals surface area contributed by atoms with Gasteiger partial charge in [-0.2, -0.15) is 9.71 Å². The van der Waals surface area contributed by atoms with Crippen LogP contribution in [0.5, 0.6) is 5.88 Å². The lowest BCUT2D eigenvalue weighted by molar-refractivity contribution is -0.00678. The summed E-state index contributed by atoms with van der Waals surface area (Å²) in [6, 6.07) is 15.9. The third-order valence-corrected chi connectivity index (χ3v) is 8.96. The molecule has 0 radical (unpaired) electrons. The monoisotopic (exact) mass is 576 g/mol. The Balaban J connectivity index is 1.53. The molecule has 0 saturated carbocycles. The third kappa shape index (κ3) is 6.96. The molecule has 2 aliphatic rings. The highest BCUT2D eigenvalue weighted by Gasteiger charge is 2.37. The van der Waals surface area contributed by atoms with Crippen molar-refractivity contribution in [3.05, 3.63) is 65.2 Å². The van der Waals surface area contributed by atoms with Crippen molar-refractivity contribution in [3.63, 3.8) is 0 Å². The number of rotatable bonds is 1. The topological polar surface area (TPSA) is 99.6 Å². The molecule has 0 spiro atoms. The van der Waals surface area contributed by atoms with E-state index in [0.29, 0.717) is 35.5 Å². The lowest BCUT2D eigenvalue weighted by Gasteiger charge is -2.41. The quantitative estimate of drug-likeness (QED) is 0.331. The maximum absolute atomic E-state index is 13.4. The molecule has 4 bridgehead atoms. The highest BCUT2D eigenvalue weighted by Crippen LogP contribution is 2.35. The number of carbonyl (C=O) groups is 1.